The van der Waals surface area contributed by atoms with Gasteiger partial charge in [-0.05, 0) is 28.5 Å². The summed E-state index contributed by atoms with van der Waals surface area (Å²) in [6, 6.07) is 10.7. The first kappa shape index (κ1) is 19.7. The molecule has 2 aromatic rings. The zero-order chi connectivity index (χ0) is 19.2. The molecule has 0 radical (unpaired) electrons. The van der Waals surface area contributed by atoms with E-state index in [-0.39, 0.29) is 12.0 Å². The second-order valence-electron chi connectivity index (χ2n) is 6.55. The lowest BCUT2D eigenvalue weighted by Crippen LogP contribution is -2.34. The van der Waals surface area contributed by atoms with Crippen LogP contribution in [0, 0.1) is 0 Å². The number of esters is 1. The molecular formula is C19H21NO5S. The van der Waals surface area contributed by atoms with Crippen molar-refractivity contribution < 1.29 is 23.9 Å². The van der Waals surface area contributed by atoms with Crippen LogP contribution in [0.15, 0.2) is 41.8 Å². The number of amides is 2. The lowest BCUT2D eigenvalue weighted by Gasteiger charge is -2.22. The van der Waals surface area contributed by atoms with Gasteiger partial charge in [-0.15, -0.1) is 11.3 Å². The Balaban J connectivity index is 1.79. The topological polar surface area (TPSA) is 81.7 Å². The largest absolute Gasteiger partial charge is 0.482 e. The van der Waals surface area contributed by atoms with Crippen molar-refractivity contribution in [2.75, 3.05) is 13.2 Å². The van der Waals surface area contributed by atoms with E-state index in [9.17, 15) is 14.4 Å². The first-order valence-corrected chi connectivity index (χ1v) is 8.91. The van der Waals surface area contributed by atoms with Crippen molar-refractivity contribution in [2.24, 2.45) is 0 Å². The summed E-state index contributed by atoms with van der Waals surface area (Å²) in [5.41, 5.74) is 0.829. The monoisotopic (exact) mass is 375 g/mol. The van der Waals surface area contributed by atoms with Crippen LogP contribution >= 0.6 is 11.3 Å². The number of ether oxygens (including phenoxy) is 2. The number of hydrogen-bond donors (Lipinski definition) is 1. The zero-order valence-corrected chi connectivity index (χ0v) is 15.7. The second-order valence-corrected chi connectivity index (χ2v) is 7.50. The number of nitrogens with one attached hydrogen (secondary N) is 1. The Morgan fingerprint density at radius 3 is 2.42 bits per heavy atom. The average molecular weight is 375 g/mol. The van der Waals surface area contributed by atoms with E-state index in [2.05, 4.69) is 5.32 Å². The van der Waals surface area contributed by atoms with Gasteiger partial charge in [0.1, 0.15) is 5.75 Å². The molecule has 2 amide bonds. The summed E-state index contributed by atoms with van der Waals surface area (Å²) >= 11 is 1.21. The molecule has 0 atom stereocenters. The minimum absolute atomic E-state index is 0.136. The van der Waals surface area contributed by atoms with E-state index < -0.39 is 24.4 Å². The Morgan fingerprint density at radius 1 is 1.04 bits per heavy atom. The number of hydrogen-bond acceptors (Lipinski definition) is 6. The molecule has 0 saturated carbocycles. The summed E-state index contributed by atoms with van der Waals surface area (Å²) < 4.78 is 10.4. The van der Waals surface area contributed by atoms with Crippen LogP contribution in [0.5, 0.6) is 5.75 Å². The Hall–Kier alpha value is -2.67. The standard InChI is InChI=1S/C19H21NO5S/c1-19(2,3)13-7-4-5-8-14(13)24-12-17(22)25-11-16(21)20-18(23)15-9-6-10-26-15/h4-10H,11-12H2,1-3H3,(H,20,21,23). The minimum atomic E-state index is -0.688. The van der Waals surface area contributed by atoms with E-state index in [1.165, 1.54) is 11.3 Å². The summed E-state index contributed by atoms with van der Waals surface area (Å²) in [6.45, 7) is 5.27. The van der Waals surface area contributed by atoms with Gasteiger partial charge in [0.05, 0.1) is 4.88 Å². The summed E-state index contributed by atoms with van der Waals surface area (Å²) in [7, 11) is 0. The number of carbonyl (C=O) groups excluding carboxylic acids is 3. The number of thiophene rings is 1. The summed E-state index contributed by atoms with van der Waals surface area (Å²) in [4.78, 5) is 35.6. The van der Waals surface area contributed by atoms with Gasteiger partial charge in [0.25, 0.3) is 11.8 Å². The van der Waals surface area contributed by atoms with E-state index in [0.717, 1.165) is 5.56 Å². The first-order chi connectivity index (χ1) is 12.3. The molecule has 138 valence electrons. The molecule has 26 heavy (non-hydrogen) atoms. The molecule has 0 bridgehead atoms. The van der Waals surface area contributed by atoms with Crippen LogP contribution in [0.3, 0.4) is 0 Å². The predicted molar refractivity (Wildman–Crippen MR) is 98.4 cm³/mol. The molecule has 1 aromatic carbocycles. The van der Waals surface area contributed by atoms with Gasteiger partial charge in [0, 0.05) is 0 Å². The molecule has 0 unspecified atom stereocenters. The van der Waals surface area contributed by atoms with Crippen LogP contribution in [0.1, 0.15) is 36.0 Å². The van der Waals surface area contributed by atoms with Gasteiger partial charge in [-0.3, -0.25) is 14.9 Å². The highest BCUT2D eigenvalue weighted by Gasteiger charge is 2.19. The summed E-state index contributed by atoms with van der Waals surface area (Å²) in [6.07, 6.45) is 0. The fourth-order valence-corrected chi connectivity index (χ4v) is 2.79. The van der Waals surface area contributed by atoms with Gasteiger partial charge >= 0.3 is 5.97 Å². The highest BCUT2D eigenvalue weighted by Crippen LogP contribution is 2.30. The fraction of sp³-hybridized carbons (Fsp3) is 0.316. The summed E-state index contributed by atoms with van der Waals surface area (Å²) in [5, 5.41) is 3.88. The van der Waals surface area contributed by atoms with Crippen LogP contribution < -0.4 is 10.1 Å². The molecule has 1 N–H and O–H groups in total. The Bertz CT molecular complexity index is 777. The Morgan fingerprint density at radius 2 is 1.77 bits per heavy atom. The third-order valence-electron chi connectivity index (χ3n) is 3.40. The van der Waals surface area contributed by atoms with Gasteiger partial charge in [-0.2, -0.15) is 0 Å². The van der Waals surface area contributed by atoms with Crippen molar-refractivity contribution in [1.82, 2.24) is 5.32 Å². The molecule has 2 rings (SSSR count). The molecule has 0 aliphatic carbocycles. The van der Waals surface area contributed by atoms with E-state index >= 15 is 0 Å². The van der Waals surface area contributed by atoms with Crippen molar-refractivity contribution in [3.8, 4) is 5.75 Å². The van der Waals surface area contributed by atoms with E-state index in [1.54, 1.807) is 23.6 Å². The minimum Gasteiger partial charge on any atom is -0.482 e. The number of benzene rings is 1. The van der Waals surface area contributed by atoms with Crippen molar-refractivity contribution in [3.63, 3.8) is 0 Å². The number of imide groups is 1. The average Bonchev–Trinajstić information content (AvgIpc) is 3.12. The highest BCUT2D eigenvalue weighted by atomic mass is 32.1. The maximum absolute atomic E-state index is 11.8. The van der Waals surface area contributed by atoms with E-state index in [4.69, 9.17) is 9.47 Å². The molecule has 0 saturated heterocycles. The van der Waals surface area contributed by atoms with Gasteiger partial charge in [0.2, 0.25) is 0 Å². The van der Waals surface area contributed by atoms with Crippen LogP contribution in [-0.4, -0.2) is 31.0 Å². The predicted octanol–water partition coefficient (Wildman–Crippen LogP) is 2.92. The number of rotatable bonds is 6. The lowest BCUT2D eigenvalue weighted by atomic mass is 9.86. The quantitative estimate of drug-likeness (QED) is 0.785. The molecule has 7 heteroatoms. The van der Waals surface area contributed by atoms with E-state index in [1.807, 2.05) is 39.0 Å². The number of carbonyl (C=O) groups is 3. The third-order valence-corrected chi connectivity index (χ3v) is 4.27. The Kier molecular flexibility index (Phi) is 6.52. The highest BCUT2D eigenvalue weighted by molar-refractivity contribution is 7.12. The van der Waals surface area contributed by atoms with Crippen LogP contribution in [0.4, 0.5) is 0 Å². The molecule has 1 aromatic heterocycles. The van der Waals surface area contributed by atoms with Crippen LogP contribution in [0.2, 0.25) is 0 Å². The molecule has 6 nitrogen and oxygen atoms in total. The van der Waals surface area contributed by atoms with Gasteiger partial charge < -0.3 is 9.47 Å². The molecular weight excluding hydrogens is 354 g/mol. The maximum Gasteiger partial charge on any atom is 0.344 e. The SMILES string of the molecule is CC(C)(C)c1ccccc1OCC(=O)OCC(=O)NC(=O)c1cccs1. The first-order valence-electron chi connectivity index (χ1n) is 8.03. The molecule has 1 heterocycles. The zero-order valence-electron chi connectivity index (χ0n) is 14.9. The van der Waals surface area contributed by atoms with Crippen LogP contribution in [-0.2, 0) is 19.7 Å². The van der Waals surface area contributed by atoms with Crippen molar-refractivity contribution >= 4 is 29.1 Å². The summed E-state index contributed by atoms with van der Waals surface area (Å²) in [5.74, 6) is -1.30. The molecule has 0 fully saturated rings. The van der Waals surface area contributed by atoms with E-state index in [0.29, 0.717) is 10.6 Å². The lowest BCUT2D eigenvalue weighted by molar-refractivity contribution is -0.150. The maximum atomic E-state index is 11.8. The molecule has 0 spiro atoms. The fourth-order valence-electron chi connectivity index (χ4n) is 2.17. The van der Waals surface area contributed by atoms with Crippen LogP contribution in [0.25, 0.3) is 0 Å². The van der Waals surface area contributed by atoms with Gasteiger partial charge in [0.15, 0.2) is 13.2 Å². The third kappa shape index (κ3) is 5.70. The van der Waals surface area contributed by atoms with Gasteiger partial charge in [-0.1, -0.05) is 45.0 Å². The van der Waals surface area contributed by atoms with Gasteiger partial charge in [-0.25, -0.2) is 4.79 Å². The number of para-hydroxylation sites is 1. The smallest absolute Gasteiger partial charge is 0.344 e. The van der Waals surface area contributed by atoms with Crippen molar-refractivity contribution in [1.29, 1.82) is 0 Å². The van der Waals surface area contributed by atoms with Crippen molar-refractivity contribution in [3.05, 3.63) is 52.2 Å². The normalized spacial score (nSPS) is 10.9. The Labute approximate surface area is 156 Å². The van der Waals surface area contributed by atoms with Crippen molar-refractivity contribution in [2.45, 2.75) is 26.2 Å². The molecule has 0 aliphatic heterocycles. The molecule has 0 aliphatic rings. The second kappa shape index (κ2) is 8.62.